The van der Waals surface area contributed by atoms with Gasteiger partial charge in [-0.1, -0.05) is 213 Å². The van der Waals surface area contributed by atoms with E-state index in [-0.39, 0.29) is 99.1 Å². The van der Waals surface area contributed by atoms with Crippen LogP contribution in [0.15, 0.2) is 11.6 Å². The van der Waals surface area contributed by atoms with Gasteiger partial charge in [0.05, 0.1) is 26.7 Å². The average Bonchev–Trinajstić information content (AvgIpc) is 4.01. The van der Waals surface area contributed by atoms with E-state index in [0.717, 1.165) is 68.9 Å². The van der Waals surface area contributed by atoms with Gasteiger partial charge >= 0.3 is 41.8 Å². The third kappa shape index (κ3) is 34.9. The van der Waals surface area contributed by atoms with Gasteiger partial charge in [-0.2, -0.15) is 0 Å². The van der Waals surface area contributed by atoms with Crippen molar-refractivity contribution in [2.45, 2.75) is 305 Å². The summed E-state index contributed by atoms with van der Waals surface area (Å²) < 4.78 is 44.3. The Bertz CT molecular complexity index is 2010. The van der Waals surface area contributed by atoms with Crippen LogP contribution in [0.3, 0.4) is 0 Å². The van der Waals surface area contributed by atoms with Gasteiger partial charge in [-0.25, -0.2) is 4.79 Å². The maximum Gasteiger partial charge on any atom is 0.342 e. The van der Waals surface area contributed by atoms with Gasteiger partial charge in [0, 0.05) is 43.2 Å². The second-order valence-corrected chi connectivity index (χ2v) is 23.8. The van der Waals surface area contributed by atoms with Crippen molar-refractivity contribution >= 4 is 41.8 Å². The molecule has 0 aliphatic carbocycles. The van der Waals surface area contributed by atoms with Crippen molar-refractivity contribution in [3.8, 4) is 11.5 Å². The molecule has 1 aromatic carbocycles. The van der Waals surface area contributed by atoms with E-state index in [1.54, 1.807) is 0 Å². The second kappa shape index (κ2) is 48.2. The Morgan fingerprint density at radius 3 is 1.51 bits per heavy atom. The van der Waals surface area contributed by atoms with E-state index in [0.29, 0.717) is 55.4 Å². The van der Waals surface area contributed by atoms with Crippen molar-refractivity contribution in [1.29, 1.82) is 0 Å². The summed E-state index contributed by atoms with van der Waals surface area (Å²) in [5.74, 6) is -2.67. The minimum Gasteiger partial charge on any atom is -0.496 e. The first-order valence-electron chi connectivity index (χ1n) is 33.1. The van der Waals surface area contributed by atoms with Crippen LogP contribution in [0.5, 0.6) is 11.5 Å². The number of ether oxygens (including phenoxy) is 8. The van der Waals surface area contributed by atoms with Crippen molar-refractivity contribution in [3.05, 3.63) is 33.9 Å². The Morgan fingerprint density at radius 1 is 0.536 bits per heavy atom. The number of benzene rings is 1. The minimum atomic E-state index is -0.897. The highest BCUT2D eigenvalue weighted by Crippen LogP contribution is 2.43. The molecule has 2 unspecified atom stereocenters. The topological polar surface area (TPSA) is 193 Å². The molecule has 0 saturated carbocycles. The van der Waals surface area contributed by atoms with E-state index in [2.05, 4.69) is 13.8 Å². The minimum absolute atomic E-state index is 0.0111. The summed E-state index contributed by atoms with van der Waals surface area (Å²) in [6.07, 6.45) is 38.0. The highest BCUT2D eigenvalue weighted by Gasteiger charge is 2.34. The summed E-state index contributed by atoms with van der Waals surface area (Å²) in [4.78, 5) is 89.6. The normalized spacial score (nSPS) is 12.8. The molecule has 0 bridgehead atoms. The van der Waals surface area contributed by atoms with Crippen LogP contribution in [0.1, 0.15) is 306 Å². The number of cyclic esters (lactones) is 1. The average molecular weight is 1180 g/mol. The van der Waals surface area contributed by atoms with Gasteiger partial charge in [-0.05, 0) is 70.3 Å². The van der Waals surface area contributed by atoms with Crippen molar-refractivity contribution in [2.75, 3.05) is 34.0 Å². The molecule has 15 heteroatoms. The number of hydrogen-bond acceptors (Lipinski definition) is 15. The lowest BCUT2D eigenvalue weighted by Crippen LogP contribution is -2.31. The molecule has 2 rings (SSSR count). The molecule has 1 aliphatic heterocycles. The number of hydrogen-bond donors (Lipinski definition) is 0. The summed E-state index contributed by atoms with van der Waals surface area (Å²) in [6, 6.07) is 0. The summed E-state index contributed by atoms with van der Waals surface area (Å²) >= 11 is 0. The zero-order chi connectivity index (χ0) is 61.6. The van der Waals surface area contributed by atoms with Crippen LogP contribution in [0.4, 0.5) is 0 Å². The SMILES string of the molecule is CCCCCCCCCCCCCCCC(=O)OCC(COC(=O)CCCCCCCCCCCCCCC)OC(=O)CC(C)CCCCC(C)C(=O)OCCCCC(=O)Oc1c(C/C=C(\C)CCC(=O)OC)c(OC)c(C)c2c1C(=O)OC2. The van der Waals surface area contributed by atoms with E-state index in [9.17, 15) is 33.6 Å². The van der Waals surface area contributed by atoms with Crippen LogP contribution in [-0.2, 0) is 70.2 Å². The molecule has 1 aromatic rings. The lowest BCUT2D eigenvalue weighted by molar-refractivity contribution is -0.167. The van der Waals surface area contributed by atoms with E-state index in [4.69, 9.17) is 37.9 Å². The number of carbonyl (C=O) groups excluding carboxylic acids is 7. The van der Waals surface area contributed by atoms with Crippen LogP contribution >= 0.6 is 0 Å². The Balaban J connectivity index is 1.77. The number of esters is 7. The zero-order valence-corrected chi connectivity index (χ0v) is 53.8. The Kier molecular flexibility index (Phi) is 43.1. The molecule has 15 nitrogen and oxygen atoms in total. The van der Waals surface area contributed by atoms with Gasteiger partial charge < -0.3 is 37.9 Å². The molecule has 1 heterocycles. The van der Waals surface area contributed by atoms with Crippen molar-refractivity contribution < 1.29 is 71.5 Å². The smallest absolute Gasteiger partial charge is 0.342 e. The predicted molar refractivity (Wildman–Crippen MR) is 330 cm³/mol. The van der Waals surface area contributed by atoms with E-state index < -0.39 is 24.0 Å². The maximum absolute atomic E-state index is 13.2. The summed E-state index contributed by atoms with van der Waals surface area (Å²) in [5.41, 5.74) is 2.98. The fraction of sp³-hybridized carbons (Fsp3) is 0.783. The van der Waals surface area contributed by atoms with E-state index >= 15 is 0 Å². The maximum atomic E-state index is 13.2. The fourth-order valence-corrected chi connectivity index (χ4v) is 10.6. The Hall–Kier alpha value is -4.95. The third-order valence-electron chi connectivity index (χ3n) is 16.1. The molecule has 0 spiro atoms. The molecular formula is C69H114O15. The lowest BCUT2D eigenvalue weighted by atomic mass is 9.94. The molecule has 0 radical (unpaired) electrons. The van der Waals surface area contributed by atoms with Gasteiger partial charge in [0.1, 0.15) is 31.1 Å². The third-order valence-corrected chi connectivity index (χ3v) is 16.1. The summed E-state index contributed by atoms with van der Waals surface area (Å²) in [7, 11) is 2.86. The molecule has 480 valence electrons. The first kappa shape index (κ1) is 75.1. The number of unbranched alkanes of at least 4 members (excludes halogenated alkanes) is 26. The van der Waals surface area contributed by atoms with Crippen LogP contribution < -0.4 is 9.47 Å². The van der Waals surface area contributed by atoms with Gasteiger partial charge in [-0.15, -0.1) is 0 Å². The predicted octanol–water partition coefficient (Wildman–Crippen LogP) is 16.9. The largest absolute Gasteiger partial charge is 0.496 e. The van der Waals surface area contributed by atoms with Crippen LogP contribution in [-0.4, -0.2) is 81.9 Å². The first-order valence-corrected chi connectivity index (χ1v) is 33.1. The lowest BCUT2D eigenvalue weighted by Gasteiger charge is -2.19. The first-order chi connectivity index (χ1) is 40.6. The Labute approximate surface area is 507 Å². The molecule has 0 saturated heterocycles. The number of rotatable bonds is 53. The molecule has 0 fully saturated rings. The van der Waals surface area contributed by atoms with E-state index in [1.807, 2.05) is 33.8 Å². The Morgan fingerprint density at radius 2 is 1.01 bits per heavy atom. The second-order valence-electron chi connectivity index (χ2n) is 23.8. The van der Waals surface area contributed by atoms with Crippen LogP contribution in [0.2, 0.25) is 0 Å². The molecule has 2 atom stereocenters. The number of allylic oxidation sites excluding steroid dienone is 2. The molecule has 0 N–H and O–H groups in total. The monoisotopic (exact) mass is 1180 g/mol. The number of carbonyl (C=O) groups is 7. The van der Waals surface area contributed by atoms with Crippen LogP contribution in [0, 0.1) is 18.8 Å². The van der Waals surface area contributed by atoms with Crippen molar-refractivity contribution in [3.63, 3.8) is 0 Å². The fourth-order valence-electron chi connectivity index (χ4n) is 10.6. The van der Waals surface area contributed by atoms with Gasteiger partial charge in [-0.3, -0.25) is 28.8 Å². The van der Waals surface area contributed by atoms with Gasteiger partial charge in [0.2, 0.25) is 0 Å². The molecule has 1 aliphatic rings. The highest BCUT2D eigenvalue weighted by molar-refractivity contribution is 5.99. The molecule has 0 amide bonds. The van der Waals surface area contributed by atoms with Gasteiger partial charge in [0.25, 0.3) is 0 Å². The standard InChI is InChI=1S/C69H114O15/c1-9-11-13-15-17-19-21-23-25-27-29-31-33-41-61(71)80-50-57(51-81-62(72)42-34-32-30-28-26-24-22-20-18-16-14-12-10-2)83-64(74)49-54(4)39-35-36-40-55(5)68(75)79-48-38-37-43-63(73)84-67-58(46-44-53(3)45-47-60(70)77-7)66(78-8)56(6)59-52-82-69(76)65(59)67/h44,54-55,57H,9-43,45-52H2,1-8H3/b53-44+. The number of fused-ring (bicyclic) bond motifs is 1. The molecule has 0 aromatic heterocycles. The van der Waals surface area contributed by atoms with E-state index in [1.165, 1.54) is 143 Å². The highest BCUT2D eigenvalue weighted by atomic mass is 16.6. The summed E-state index contributed by atoms with van der Waals surface area (Å²) in [6.45, 7) is 11.8. The van der Waals surface area contributed by atoms with Gasteiger partial charge in [0.15, 0.2) is 11.9 Å². The zero-order valence-electron chi connectivity index (χ0n) is 53.8. The van der Waals surface area contributed by atoms with Crippen molar-refractivity contribution in [2.24, 2.45) is 11.8 Å². The molecular weight excluding hydrogens is 1070 g/mol. The number of methoxy groups -OCH3 is 2. The quantitative estimate of drug-likeness (QED) is 0.0196. The van der Waals surface area contributed by atoms with Crippen LogP contribution in [0.25, 0.3) is 0 Å². The summed E-state index contributed by atoms with van der Waals surface area (Å²) in [5, 5.41) is 0. The molecule has 84 heavy (non-hydrogen) atoms. The van der Waals surface area contributed by atoms with Crippen molar-refractivity contribution in [1.82, 2.24) is 0 Å².